The van der Waals surface area contributed by atoms with Crippen molar-refractivity contribution in [2.45, 2.75) is 13.8 Å². The highest BCUT2D eigenvalue weighted by Crippen LogP contribution is 2.26. The minimum atomic E-state index is 0.447. The Kier molecular flexibility index (Phi) is 3.82. The fraction of sp³-hybridized carbons (Fsp3) is 0.267. The topological polar surface area (TPSA) is 39.4 Å². The Morgan fingerprint density at radius 2 is 2.11 bits per heavy atom. The van der Waals surface area contributed by atoms with E-state index < -0.39 is 0 Å². The molecule has 0 bridgehead atoms. The van der Waals surface area contributed by atoms with Gasteiger partial charge in [-0.15, -0.1) is 0 Å². The summed E-state index contributed by atoms with van der Waals surface area (Å²) >= 11 is 0. The number of hydrogen-bond acceptors (Lipinski definition) is 3. The standard InChI is InChI=1S/C15H16O3/c1-11(2)9-18-15-6-12(8-16)5-14(7-15)13-3-4-17-10-13/h3-8,10-11H,9H2,1-2H3. The summed E-state index contributed by atoms with van der Waals surface area (Å²) in [6.45, 7) is 4.80. The van der Waals surface area contributed by atoms with E-state index in [4.69, 9.17) is 9.15 Å². The Morgan fingerprint density at radius 1 is 1.28 bits per heavy atom. The molecule has 0 saturated heterocycles. The molecule has 0 saturated carbocycles. The second kappa shape index (κ2) is 5.54. The van der Waals surface area contributed by atoms with Crippen LogP contribution in [0.15, 0.2) is 41.2 Å². The van der Waals surface area contributed by atoms with E-state index in [1.807, 2.05) is 18.2 Å². The number of furan rings is 1. The molecule has 0 amide bonds. The lowest BCUT2D eigenvalue weighted by Crippen LogP contribution is -2.04. The third kappa shape index (κ3) is 3.00. The summed E-state index contributed by atoms with van der Waals surface area (Å²) in [4.78, 5) is 10.9. The highest BCUT2D eigenvalue weighted by Gasteiger charge is 2.06. The van der Waals surface area contributed by atoms with Crippen LogP contribution in [0.5, 0.6) is 5.75 Å². The monoisotopic (exact) mass is 244 g/mol. The van der Waals surface area contributed by atoms with Crippen LogP contribution in [0.2, 0.25) is 0 Å². The molecule has 0 fully saturated rings. The average molecular weight is 244 g/mol. The highest BCUT2D eigenvalue weighted by atomic mass is 16.5. The predicted octanol–water partition coefficient (Wildman–Crippen LogP) is 3.79. The number of rotatable bonds is 5. The Labute approximate surface area is 106 Å². The Morgan fingerprint density at radius 3 is 2.72 bits per heavy atom. The van der Waals surface area contributed by atoms with Gasteiger partial charge in [-0.05, 0) is 35.7 Å². The zero-order valence-electron chi connectivity index (χ0n) is 10.6. The van der Waals surface area contributed by atoms with Crippen molar-refractivity contribution in [3.8, 4) is 16.9 Å². The van der Waals surface area contributed by atoms with Crippen LogP contribution in [0, 0.1) is 5.92 Å². The first-order valence-corrected chi connectivity index (χ1v) is 5.94. The maximum absolute atomic E-state index is 10.9. The summed E-state index contributed by atoms with van der Waals surface area (Å²) in [5.41, 5.74) is 2.47. The van der Waals surface area contributed by atoms with E-state index in [1.54, 1.807) is 18.6 Å². The Balaban J connectivity index is 2.30. The van der Waals surface area contributed by atoms with Gasteiger partial charge in [-0.2, -0.15) is 0 Å². The maximum Gasteiger partial charge on any atom is 0.150 e. The molecular formula is C15H16O3. The van der Waals surface area contributed by atoms with E-state index in [9.17, 15) is 4.79 Å². The van der Waals surface area contributed by atoms with Gasteiger partial charge < -0.3 is 9.15 Å². The largest absolute Gasteiger partial charge is 0.493 e. The molecule has 0 radical (unpaired) electrons. The third-order valence-corrected chi connectivity index (χ3v) is 2.50. The van der Waals surface area contributed by atoms with Gasteiger partial charge in [-0.25, -0.2) is 0 Å². The van der Waals surface area contributed by atoms with E-state index in [2.05, 4.69) is 13.8 Å². The lowest BCUT2D eigenvalue weighted by molar-refractivity contribution is 0.112. The molecule has 2 rings (SSSR count). The van der Waals surface area contributed by atoms with E-state index >= 15 is 0 Å². The van der Waals surface area contributed by atoms with Gasteiger partial charge in [-0.1, -0.05) is 13.8 Å². The second-order valence-corrected chi connectivity index (χ2v) is 4.63. The maximum atomic E-state index is 10.9. The van der Waals surface area contributed by atoms with Crippen molar-refractivity contribution in [1.82, 2.24) is 0 Å². The minimum absolute atomic E-state index is 0.447. The number of aldehydes is 1. The smallest absolute Gasteiger partial charge is 0.150 e. The molecule has 18 heavy (non-hydrogen) atoms. The summed E-state index contributed by atoms with van der Waals surface area (Å²) in [6, 6.07) is 7.34. The second-order valence-electron chi connectivity index (χ2n) is 4.63. The number of carbonyl (C=O) groups excluding carboxylic acids is 1. The first-order chi connectivity index (χ1) is 8.69. The van der Waals surface area contributed by atoms with Crippen LogP contribution >= 0.6 is 0 Å². The van der Waals surface area contributed by atoms with Crippen molar-refractivity contribution in [3.63, 3.8) is 0 Å². The molecule has 3 nitrogen and oxygen atoms in total. The normalized spacial score (nSPS) is 10.6. The van der Waals surface area contributed by atoms with E-state index in [0.717, 1.165) is 17.4 Å². The lowest BCUT2D eigenvalue weighted by atomic mass is 10.1. The fourth-order valence-corrected chi connectivity index (χ4v) is 1.63. The minimum Gasteiger partial charge on any atom is -0.493 e. The first kappa shape index (κ1) is 12.4. The van der Waals surface area contributed by atoms with Crippen molar-refractivity contribution in [1.29, 1.82) is 0 Å². The number of hydrogen-bond donors (Lipinski definition) is 0. The van der Waals surface area contributed by atoms with E-state index in [0.29, 0.717) is 23.8 Å². The molecule has 0 aliphatic rings. The molecule has 0 N–H and O–H groups in total. The summed E-state index contributed by atoms with van der Waals surface area (Å²) in [5.74, 6) is 1.16. The number of carbonyl (C=O) groups is 1. The lowest BCUT2D eigenvalue weighted by Gasteiger charge is -2.10. The van der Waals surface area contributed by atoms with Crippen molar-refractivity contribution >= 4 is 6.29 Å². The van der Waals surface area contributed by atoms with Crippen LogP contribution in [0.4, 0.5) is 0 Å². The van der Waals surface area contributed by atoms with Gasteiger partial charge >= 0.3 is 0 Å². The molecule has 94 valence electrons. The highest BCUT2D eigenvalue weighted by molar-refractivity contribution is 5.80. The van der Waals surface area contributed by atoms with Gasteiger partial charge in [0.1, 0.15) is 12.0 Å². The van der Waals surface area contributed by atoms with Crippen molar-refractivity contribution in [2.75, 3.05) is 6.61 Å². The molecule has 1 aromatic heterocycles. The molecule has 0 aliphatic heterocycles. The zero-order valence-corrected chi connectivity index (χ0v) is 10.6. The average Bonchev–Trinajstić information content (AvgIpc) is 2.89. The predicted molar refractivity (Wildman–Crippen MR) is 69.9 cm³/mol. The van der Waals surface area contributed by atoms with Crippen LogP contribution < -0.4 is 4.74 Å². The van der Waals surface area contributed by atoms with Crippen molar-refractivity contribution in [2.24, 2.45) is 5.92 Å². The first-order valence-electron chi connectivity index (χ1n) is 5.94. The van der Waals surface area contributed by atoms with Gasteiger partial charge in [-0.3, -0.25) is 4.79 Å². The fourth-order valence-electron chi connectivity index (χ4n) is 1.63. The number of benzene rings is 1. The molecule has 1 heterocycles. The Hall–Kier alpha value is -2.03. The molecule has 3 heteroatoms. The molecule has 0 spiro atoms. The summed E-state index contributed by atoms with van der Waals surface area (Å²) in [6.07, 6.45) is 4.08. The zero-order chi connectivity index (χ0) is 13.0. The van der Waals surface area contributed by atoms with Gasteiger partial charge in [0.15, 0.2) is 0 Å². The molecule has 0 aliphatic carbocycles. The molecule has 1 aromatic carbocycles. The molecular weight excluding hydrogens is 228 g/mol. The SMILES string of the molecule is CC(C)COc1cc(C=O)cc(-c2ccoc2)c1. The van der Waals surface area contributed by atoms with Gasteiger partial charge in [0.25, 0.3) is 0 Å². The third-order valence-electron chi connectivity index (χ3n) is 2.50. The molecule has 0 unspecified atom stereocenters. The van der Waals surface area contributed by atoms with Crippen molar-refractivity contribution < 1.29 is 13.9 Å². The van der Waals surface area contributed by atoms with Crippen LogP contribution in [0.25, 0.3) is 11.1 Å². The summed E-state index contributed by atoms with van der Waals surface area (Å²) in [5, 5.41) is 0. The molecule has 2 aromatic rings. The summed E-state index contributed by atoms with van der Waals surface area (Å²) in [7, 11) is 0. The number of ether oxygens (including phenoxy) is 1. The van der Waals surface area contributed by atoms with Crippen LogP contribution in [0.3, 0.4) is 0 Å². The summed E-state index contributed by atoms with van der Waals surface area (Å²) < 4.78 is 10.7. The van der Waals surface area contributed by atoms with Gasteiger partial charge in [0.2, 0.25) is 0 Å². The van der Waals surface area contributed by atoms with Crippen LogP contribution in [0.1, 0.15) is 24.2 Å². The van der Waals surface area contributed by atoms with E-state index in [-0.39, 0.29) is 0 Å². The van der Waals surface area contributed by atoms with Crippen LogP contribution in [-0.4, -0.2) is 12.9 Å². The van der Waals surface area contributed by atoms with E-state index in [1.165, 1.54) is 0 Å². The molecule has 0 atom stereocenters. The Bertz CT molecular complexity index is 513. The van der Waals surface area contributed by atoms with Crippen molar-refractivity contribution in [3.05, 3.63) is 42.4 Å². The quantitative estimate of drug-likeness (QED) is 0.751. The van der Waals surface area contributed by atoms with Crippen LogP contribution in [-0.2, 0) is 0 Å². The van der Waals surface area contributed by atoms with Gasteiger partial charge in [0.05, 0.1) is 19.1 Å². The van der Waals surface area contributed by atoms with Gasteiger partial charge in [0, 0.05) is 11.1 Å².